The van der Waals surface area contributed by atoms with Gasteiger partial charge in [-0.25, -0.2) is 0 Å². The lowest BCUT2D eigenvalue weighted by Gasteiger charge is -2.09. The average Bonchev–Trinajstić information content (AvgIpc) is 2.17. The molecule has 2 N–H and O–H groups in total. The second-order valence-electron chi connectivity index (χ2n) is 3.72. The average molecular weight is 209 g/mol. The van der Waals surface area contributed by atoms with Crippen LogP contribution in [0.3, 0.4) is 0 Å². The van der Waals surface area contributed by atoms with Crippen LogP contribution in [0.15, 0.2) is 24.3 Å². The molecule has 0 radical (unpaired) electrons. The van der Waals surface area contributed by atoms with Gasteiger partial charge in [-0.15, -0.1) is 0 Å². The number of ether oxygens (including phenoxy) is 1. The van der Waals surface area contributed by atoms with Crippen molar-refractivity contribution in [3.05, 3.63) is 29.8 Å². The summed E-state index contributed by atoms with van der Waals surface area (Å²) in [7, 11) is 0. The molecule has 15 heavy (non-hydrogen) atoms. The maximum absolute atomic E-state index is 9.00. The van der Waals surface area contributed by atoms with Gasteiger partial charge in [-0.2, -0.15) is 0 Å². The molecule has 3 nitrogen and oxygen atoms in total. The Kier molecular flexibility index (Phi) is 5.15. The summed E-state index contributed by atoms with van der Waals surface area (Å²) in [4.78, 5) is 0. The van der Waals surface area contributed by atoms with Gasteiger partial charge in [0.2, 0.25) is 0 Å². The minimum absolute atomic E-state index is 0.302. The topological polar surface area (TPSA) is 41.5 Å². The zero-order chi connectivity index (χ0) is 11.1. The van der Waals surface area contributed by atoms with Crippen molar-refractivity contribution < 1.29 is 9.84 Å². The Morgan fingerprint density at radius 3 is 2.93 bits per heavy atom. The highest BCUT2D eigenvalue weighted by molar-refractivity contribution is 5.27. The molecule has 0 unspecified atom stereocenters. The first-order valence-corrected chi connectivity index (χ1v) is 5.27. The Balaban J connectivity index is 2.15. The van der Waals surface area contributed by atoms with Gasteiger partial charge in [-0.3, -0.25) is 0 Å². The molecule has 0 saturated heterocycles. The van der Waals surface area contributed by atoms with Crippen molar-refractivity contribution in [3.63, 3.8) is 0 Å². The van der Waals surface area contributed by atoms with Crippen LogP contribution in [0.4, 0.5) is 0 Å². The van der Waals surface area contributed by atoms with Crippen molar-refractivity contribution in [2.24, 2.45) is 0 Å². The van der Waals surface area contributed by atoms with Crippen LogP contribution in [0, 0.1) is 6.92 Å². The van der Waals surface area contributed by atoms with E-state index in [0.29, 0.717) is 13.2 Å². The van der Waals surface area contributed by atoms with Crippen molar-refractivity contribution in [1.29, 1.82) is 0 Å². The first kappa shape index (κ1) is 12.0. The number of aliphatic hydroxyl groups excluding tert-OH is 1. The third-order valence-corrected chi connectivity index (χ3v) is 1.98. The predicted octanol–water partition coefficient (Wildman–Crippen LogP) is 1.34. The van der Waals surface area contributed by atoms with Crippen LogP contribution in [-0.2, 0) is 0 Å². The second kappa shape index (κ2) is 6.43. The molecule has 0 aromatic heterocycles. The Hall–Kier alpha value is -1.06. The highest BCUT2D eigenvalue weighted by Gasteiger charge is 1.95. The summed E-state index contributed by atoms with van der Waals surface area (Å²) in [6, 6.07) is 7.97. The van der Waals surface area contributed by atoms with Gasteiger partial charge in [0.1, 0.15) is 12.4 Å². The summed E-state index contributed by atoms with van der Waals surface area (Å²) >= 11 is 0. The fraction of sp³-hybridized carbons (Fsp3) is 0.500. The van der Waals surface area contributed by atoms with E-state index < -0.39 is 0 Å². The lowest BCUT2D eigenvalue weighted by Crippen LogP contribution is -2.28. The van der Waals surface area contributed by atoms with E-state index in [9.17, 15) is 0 Å². The highest BCUT2D eigenvalue weighted by atomic mass is 16.5. The highest BCUT2D eigenvalue weighted by Crippen LogP contribution is 2.11. The van der Waals surface area contributed by atoms with E-state index >= 15 is 0 Å². The second-order valence-corrected chi connectivity index (χ2v) is 3.72. The zero-order valence-corrected chi connectivity index (χ0v) is 9.36. The molecule has 0 bridgehead atoms. The quantitative estimate of drug-likeness (QED) is 0.695. The number of aliphatic hydroxyl groups is 1. The van der Waals surface area contributed by atoms with Crippen molar-refractivity contribution >= 4 is 0 Å². The van der Waals surface area contributed by atoms with Gasteiger partial charge in [0.25, 0.3) is 0 Å². The summed E-state index contributed by atoms with van der Waals surface area (Å²) in [5.41, 5.74) is 1.20. The van der Waals surface area contributed by atoms with E-state index in [1.807, 2.05) is 31.2 Å². The first-order valence-electron chi connectivity index (χ1n) is 5.27. The van der Waals surface area contributed by atoms with Crippen LogP contribution in [0.2, 0.25) is 0 Å². The molecular formula is C12H19NO2. The minimum Gasteiger partial charge on any atom is -0.492 e. The van der Waals surface area contributed by atoms with E-state index in [1.54, 1.807) is 6.92 Å². The third-order valence-electron chi connectivity index (χ3n) is 1.98. The van der Waals surface area contributed by atoms with Crippen LogP contribution in [0.25, 0.3) is 0 Å². The number of aryl methyl sites for hydroxylation is 1. The monoisotopic (exact) mass is 209 g/mol. The molecule has 3 heteroatoms. The number of hydrogen-bond acceptors (Lipinski definition) is 3. The Morgan fingerprint density at radius 2 is 2.27 bits per heavy atom. The Bertz CT molecular complexity index is 287. The minimum atomic E-state index is -0.302. The molecule has 1 aromatic rings. The molecule has 0 fully saturated rings. The molecule has 84 valence electrons. The van der Waals surface area contributed by atoms with Gasteiger partial charge >= 0.3 is 0 Å². The normalized spacial score (nSPS) is 12.5. The molecule has 1 rings (SSSR count). The van der Waals surface area contributed by atoms with Crippen LogP contribution >= 0.6 is 0 Å². The summed E-state index contributed by atoms with van der Waals surface area (Å²) in [5.74, 6) is 0.897. The van der Waals surface area contributed by atoms with Crippen molar-refractivity contribution in [1.82, 2.24) is 5.32 Å². The molecule has 0 aliphatic heterocycles. The van der Waals surface area contributed by atoms with Crippen molar-refractivity contribution in [2.45, 2.75) is 20.0 Å². The van der Waals surface area contributed by atoms with Gasteiger partial charge < -0.3 is 15.2 Å². The molecule has 0 aliphatic carbocycles. The fourth-order valence-corrected chi connectivity index (χ4v) is 1.26. The zero-order valence-electron chi connectivity index (χ0n) is 9.36. The van der Waals surface area contributed by atoms with Gasteiger partial charge in [-0.05, 0) is 31.5 Å². The van der Waals surface area contributed by atoms with Crippen LogP contribution in [0.1, 0.15) is 12.5 Å². The van der Waals surface area contributed by atoms with Gasteiger partial charge in [-0.1, -0.05) is 12.1 Å². The molecular weight excluding hydrogens is 190 g/mol. The van der Waals surface area contributed by atoms with E-state index in [1.165, 1.54) is 5.56 Å². The summed E-state index contributed by atoms with van der Waals surface area (Å²) in [5, 5.41) is 12.1. The molecule has 1 atom stereocenters. The summed E-state index contributed by atoms with van der Waals surface area (Å²) < 4.78 is 5.52. The number of benzene rings is 1. The number of rotatable bonds is 6. The Morgan fingerprint density at radius 1 is 1.47 bits per heavy atom. The Labute approximate surface area is 91.1 Å². The SMILES string of the molecule is Cc1cccc(OCCNC[C@H](C)O)c1. The first-order chi connectivity index (χ1) is 7.18. The van der Waals surface area contributed by atoms with E-state index in [0.717, 1.165) is 12.3 Å². The molecule has 0 heterocycles. The van der Waals surface area contributed by atoms with Crippen molar-refractivity contribution in [2.75, 3.05) is 19.7 Å². The maximum Gasteiger partial charge on any atom is 0.119 e. The van der Waals surface area contributed by atoms with Crippen molar-refractivity contribution in [3.8, 4) is 5.75 Å². The van der Waals surface area contributed by atoms with Crippen LogP contribution in [-0.4, -0.2) is 30.9 Å². The van der Waals surface area contributed by atoms with Gasteiger partial charge in [0.05, 0.1) is 6.10 Å². The molecule has 0 amide bonds. The predicted molar refractivity (Wildman–Crippen MR) is 61.2 cm³/mol. The van der Waals surface area contributed by atoms with E-state index in [2.05, 4.69) is 5.32 Å². The standard InChI is InChI=1S/C12H19NO2/c1-10-4-3-5-12(8-10)15-7-6-13-9-11(2)14/h3-5,8,11,13-14H,6-7,9H2,1-2H3/t11-/m0/s1. The van der Waals surface area contributed by atoms with Crippen LogP contribution < -0.4 is 10.1 Å². The molecule has 1 aromatic carbocycles. The maximum atomic E-state index is 9.00. The number of hydrogen-bond donors (Lipinski definition) is 2. The lowest BCUT2D eigenvalue weighted by atomic mass is 10.2. The largest absolute Gasteiger partial charge is 0.492 e. The lowest BCUT2D eigenvalue weighted by molar-refractivity contribution is 0.188. The molecule has 0 aliphatic rings. The van der Waals surface area contributed by atoms with Crippen LogP contribution in [0.5, 0.6) is 5.75 Å². The van der Waals surface area contributed by atoms with E-state index in [4.69, 9.17) is 9.84 Å². The van der Waals surface area contributed by atoms with Gasteiger partial charge in [0, 0.05) is 13.1 Å². The molecule has 0 saturated carbocycles. The van der Waals surface area contributed by atoms with E-state index in [-0.39, 0.29) is 6.10 Å². The third kappa shape index (κ3) is 5.40. The summed E-state index contributed by atoms with van der Waals surface area (Å²) in [6.07, 6.45) is -0.302. The number of nitrogens with one attached hydrogen (secondary N) is 1. The summed E-state index contributed by atoms with van der Waals surface area (Å²) in [6.45, 7) is 5.78. The fourth-order valence-electron chi connectivity index (χ4n) is 1.26. The van der Waals surface area contributed by atoms with Gasteiger partial charge in [0.15, 0.2) is 0 Å². The smallest absolute Gasteiger partial charge is 0.119 e. The molecule has 0 spiro atoms.